The zero-order chi connectivity index (χ0) is 14.8. The molecule has 2 atom stereocenters. The Bertz CT molecular complexity index is 264. The van der Waals surface area contributed by atoms with E-state index in [9.17, 15) is 0 Å². The van der Waals surface area contributed by atoms with Gasteiger partial charge in [0.1, 0.15) is 22.0 Å². The van der Waals surface area contributed by atoms with Crippen LogP contribution in [0.15, 0.2) is 0 Å². The summed E-state index contributed by atoms with van der Waals surface area (Å²) in [5.74, 6) is 19.2. The predicted octanol–water partition coefficient (Wildman–Crippen LogP) is 1.76. The van der Waals surface area contributed by atoms with Crippen LogP contribution in [0.4, 0.5) is 0 Å². The third kappa shape index (κ3) is 2.45. The molecule has 0 aliphatic carbocycles. The molecule has 0 bridgehead atoms. The SMILES string of the molecule is CCC(C)(CC)[N+](N)(P)C(CC)(CC)[N+](C)(N)N. The van der Waals surface area contributed by atoms with Crippen LogP contribution in [0.3, 0.4) is 0 Å². The summed E-state index contributed by atoms with van der Waals surface area (Å²) in [6.45, 7) is 10.8. The van der Waals surface area contributed by atoms with Crippen molar-refractivity contribution < 1.29 is 9.06 Å². The van der Waals surface area contributed by atoms with E-state index >= 15 is 0 Å². The molecule has 0 spiro atoms. The molecule has 0 heterocycles. The predicted molar refractivity (Wildman–Crippen MR) is 81.0 cm³/mol. The maximum Gasteiger partial charge on any atom is 0.277 e. The van der Waals surface area contributed by atoms with Gasteiger partial charge < -0.3 is 0 Å². The summed E-state index contributed by atoms with van der Waals surface area (Å²) >= 11 is 0. The number of hydrogen-bond acceptors (Lipinski definition) is 3. The van der Waals surface area contributed by atoms with Crippen LogP contribution in [-0.2, 0) is 0 Å². The molecule has 0 rings (SSSR count). The van der Waals surface area contributed by atoms with Gasteiger partial charge in [-0.3, -0.25) is 0 Å². The normalized spacial score (nSPS) is 17.7. The lowest BCUT2D eigenvalue weighted by atomic mass is 9.88. The van der Waals surface area contributed by atoms with Crippen LogP contribution in [0, 0.1) is 0 Å². The molecule has 0 fully saturated rings. The smallest absolute Gasteiger partial charge is 0.181 e. The monoisotopic (exact) mass is 279 g/mol. The molecule has 0 saturated carbocycles. The topological polar surface area (TPSA) is 78.1 Å². The quantitative estimate of drug-likeness (QED) is 0.218. The molecular weight excluding hydrogens is 245 g/mol. The average molecular weight is 279 g/mol. The minimum absolute atomic E-state index is 0.0745. The van der Waals surface area contributed by atoms with Gasteiger partial charge in [0.2, 0.25) is 0 Å². The van der Waals surface area contributed by atoms with Crippen molar-refractivity contribution in [3.63, 3.8) is 0 Å². The molecule has 0 aromatic carbocycles. The van der Waals surface area contributed by atoms with Gasteiger partial charge in [-0.2, -0.15) is 21.9 Å². The van der Waals surface area contributed by atoms with Crippen molar-refractivity contribution in [1.29, 1.82) is 0 Å². The summed E-state index contributed by atoms with van der Waals surface area (Å²) < 4.78 is 0.152. The number of nitrogens with two attached hydrogens (primary N) is 3. The van der Waals surface area contributed by atoms with Gasteiger partial charge in [-0.1, -0.05) is 27.7 Å². The van der Waals surface area contributed by atoms with Crippen molar-refractivity contribution in [2.24, 2.45) is 17.5 Å². The molecule has 0 aliphatic rings. The largest absolute Gasteiger partial charge is 0.277 e. The molecule has 0 amide bonds. The molecule has 0 radical (unpaired) electrons. The third-order valence-corrected chi connectivity index (χ3v) is 6.24. The summed E-state index contributed by atoms with van der Waals surface area (Å²) in [7, 11) is 4.63. The highest BCUT2D eigenvalue weighted by atomic mass is 31.0. The first kappa shape index (κ1) is 18.2. The molecule has 0 saturated heterocycles. The van der Waals surface area contributed by atoms with E-state index in [1.54, 1.807) is 0 Å². The Hall–Kier alpha value is 0.230. The van der Waals surface area contributed by atoms with Crippen molar-refractivity contribution in [3.05, 3.63) is 0 Å². The summed E-state index contributed by atoms with van der Waals surface area (Å²) in [6, 6.07) is 0. The van der Waals surface area contributed by atoms with E-state index in [1.165, 1.54) is 0 Å². The van der Waals surface area contributed by atoms with Gasteiger partial charge >= 0.3 is 0 Å². The van der Waals surface area contributed by atoms with Crippen LogP contribution >= 0.6 is 9.39 Å². The van der Waals surface area contributed by atoms with E-state index in [0.29, 0.717) is 0 Å². The lowest BCUT2D eigenvalue weighted by Crippen LogP contribution is -2.85. The third-order valence-electron chi connectivity index (χ3n) is 5.13. The minimum atomic E-state index is -0.425. The molecule has 5 nitrogen and oxygen atoms in total. The molecule has 0 aromatic heterocycles. The highest BCUT2D eigenvalue weighted by Gasteiger charge is 2.63. The van der Waals surface area contributed by atoms with Gasteiger partial charge in [-0.05, 0) is 6.92 Å². The summed E-state index contributed by atoms with van der Waals surface area (Å²) in [4.78, 5) is 0. The number of quaternary nitrogens is 2. The van der Waals surface area contributed by atoms with Gasteiger partial charge in [0.05, 0.1) is 12.8 Å². The Morgan fingerprint density at radius 2 is 1.22 bits per heavy atom. The molecular formula is C12H34N5P+2. The average Bonchev–Trinajstić information content (AvgIpc) is 2.27. The van der Waals surface area contributed by atoms with E-state index in [1.807, 2.05) is 7.05 Å². The Labute approximate surface area is 115 Å². The zero-order valence-corrected chi connectivity index (χ0v) is 14.2. The summed E-state index contributed by atoms with van der Waals surface area (Å²) in [6.07, 6.45) is 3.60. The fraction of sp³-hybridized carbons (Fsp3) is 1.00. The standard InChI is InChI=1S/C12H34N5P/c1-7-11(5,8-2)17(15,18)12(9-3,10-4)16(6,13)14/h7-10,13-15,18H2,1-6H3/q+2. The second kappa shape index (κ2) is 5.70. The van der Waals surface area contributed by atoms with Crippen LogP contribution in [-0.4, -0.2) is 27.3 Å². The van der Waals surface area contributed by atoms with E-state index in [0.717, 1.165) is 25.7 Å². The molecule has 110 valence electrons. The second-order valence-corrected chi connectivity index (χ2v) is 6.63. The van der Waals surface area contributed by atoms with E-state index in [2.05, 4.69) is 44.0 Å². The molecule has 0 aromatic rings. The van der Waals surface area contributed by atoms with Crippen molar-refractivity contribution >= 4 is 9.39 Å². The lowest BCUT2D eigenvalue weighted by molar-refractivity contribution is -1.15. The summed E-state index contributed by atoms with van der Waals surface area (Å²) in [5, 5.41) is 0. The van der Waals surface area contributed by atoms with E-state index in [-0.39, 0.29) is 14.6 Å². The van der Waals surface area contributed by atoms with Gasteiger partial charge in [0.25, 0.3) is 5.66 Å². The first-order valence-corrected chi connectivity index (χ1v) is 7.41. The van der Waals surface area contributed by atoms with Crippen LogP contribution in [0.5, 0.6) is 0 Å². The highest BCUT2D eigenvalue weighted by molar-refractivity contribution is 7.08. The first-order chi connectivity index (χ1) is 7.99. The number of rotatable bonds is 7. The van der Waals surface area contributed by atoms with Crippen molar-refractivity contribution in [2.45, 2.75) is 71.5 Å². The van der Waals surface area contributed by atoms with Gasteiger partial charge in [0.15, 0.2) is 0 Å². The van der Waals surface area contributed by atoms with Crippen LogP contribution in [0.2, 0.25) is 0 Å². The lowest BCUT2D eigenvalue weighted by Gasteiger charge is -2.57. The number of hydrogen-bond donors (Lipinski definition) is 3. The molecule has 2 unspecified atom stereocenters. The Morgan fingerprint density at radius 1 is 0.889 bits per heavy atom. The first-order valence-electron chi connectivity index (χ1n) is 6.89. The van der Waals surface area contributed by atoms with Crippen LogP contribution in [0.25, 0.3) is 0 Å². The Balaban J connectivity index is 5.91. The second-order valence-electron chi connectivity index (χ2n) is 5.82. The fourth-order valence-electron chi connectivity index (χ4n) is 3.09. The molecule has 18 heavy (non-hydrogen) atoms. The van der Waals surface area contributed by atoms with Crippen molar-refractivity contribution in [3.8, 4) is 0 Å². The summed E-state index contributed by atoms with van der Waals surface area (Å²) in [5.41, 5.74) is -0.500. The van der Waals surface area contributed by atoms with Crippen LogP contribution in [0.1, 0.15) is 60.3 Å². The number of nitrogens with zero attached hydrogens (tertiary/aromatic N) is 2. The van der Waals surface area contributed by atoms with Crippen molar-refractivity contribution in [2.75, 3.05) is 7.05 Å². The fourth-order valence-corrected chi connectivity index (χ4v) is 4.07. The highest BCUT2D eigenvalue weighted by Crippen LogP contribution is 2.45. The molecule has 6 N–H and O–H groups in total. The molecule has 6 heteroatoms. The molecule has 0 aliphatic heterocycles. The minimum Gasteiger partial charge on any atom is -0.181 e. The van der Waals surface area contributed by atoms with E-state index in [4.69, 9.17) is 17.5 Å². The van der Waals surface area contributed by atoms with Crippen LogP contribution < -0.4 is 17.5 Å². The Kier molecular flexibility index (Phi) is 5.77. The zero-order valence-electron chi connectivity index (χ0n) is 13.0. The van der Waals surface area contributed by atoms with Gasteiger partial charge in [-0.25, -0.2) is 0 Å². The maximum atomic E-state index is 6.73. The Morgan fingerprint density at radius 3 is 1.39 bits per heavy atom. The van der Waals surface area contributed by atoms with Gasteiger partial charge in [0, 0.05) is 12.8 Å². The van der Waals surface area contributed by atoms with Crippen molar-refractivity contribution in [1.82, 2.24) is 0 Å². The maximum absolute atomic E-state index is 6.73. The van der Waals surface area contributed by atoms with E-state index < -0.39 is 5.66 Å². The van der Waals surface area contributed by atoms with Gasteiger partial charge in [-0.15, -0.1) is 4.70 Å².